The average molecular weight is 265 g/mol. The molecule has 0 bridgehead atoms. The number of nitrogens with zero attached hydrogens (tertiary/aromatic N) is 3. The van der Waals surface area contributed by atoms with Gasteiger partial charge in [0, 0.05) is 12.6 Å². The number of halogens is 1. The van der Waals surface area contributed by atoms with Gasteiger partial charge in [-0.15, -0.1) is 5.10 Å². The summed E-state index contributed by atoms with van der Waals surface area (Å²) in [6, 6.07) is 6.23. The lowest BCUT2D eigenvalue weighted by atomic mass is 10.2. The highest BCUT2D eigenvalue weighted by Gasteiger charge is 2.12. The van der Waals surface area contributed by atoms with Crippen molar-refractivity contribution in [2.45, 2.75) is 33.4 Å². The van der Waals surface area contributed by atoms with Crippen molar-refractivity contribution in [1.29, 1.82) is 0 Å². The fourth-order valence-corrected chi connectivity index (χ4v) is 2.07. The third-order valence-corrected chi connectivity index (χ3v) is 3.02. The lowest BCUT2D eigenvalue weighted by Crippen LogP contribution is -2.23. The molecule has 0 unspecified atom stereocenters. The van der Waals surface area contributed by atoms with Crippen molar-refractivity contribution >= 4 is 11.6 Å². The van der Waals surface area contributed by atoms with Crippen LogP contribution in [0.4, 0.5) is 0 Å². The molecule has 96 valence electrons. The van der Waals surface area contributed by atoms with Gasteiger partial charge in [0.1, 0.15) is 0 Å². The lowest BCUT2D eigenvalue weighted by Gasteiger charge is -2.12. The summed E-state index contributed by atoms with van der Waals surface area (Å²) in [5, 5.41) is 12.1. The highest BCUT2D eigenvalue weighted by atomic mass is 35.5. The molecule has 0 radical (unpaired) electrons. The van der Waals surface area contributed by atoms with E-state index in [0.29, 0.717) is 11.1 Å². The fourth-order valence-electron chi connectivity index (χ4n) is 1.77. The molecule has 0 aliphatic heterocycles. The summed E-state index contributed by atoms with van der Waals surface area (Å²) < 4.78 is 1.80. The predicted molar refractivity (Wildman–Crippen MR) is 73.1 cm³/mol. The second kappa shape index (κ2) is 5.50. The number of hydrogen-bond acceptors (Lipinski definition) is 3. The average Bonchev–Trinajstić information content (AvgIpc) is 2.74. The molecule has 0 saturated heterocycles. The molecule has 1 aromatic heterocycles. The summed E-state index contributed by atoms with van der Waals surface area (Å²) in [5.74, 6) is 0. The molecule has 0 atom stereocenters. The van der Waals surface area contributed by atoms with E-state index in [0.717, 1.165) is 23.5 Å². The van der Waals surface area contributed by atoms with E-state index < -0.39 is 0 Å². The van der Waals surface area contributed by atoms with Crippen LogP contribution in [-0.2, 0) is 6.54 Å². The van der Waals surface area contributed by atoms with Crippen LogP contribution in [0.5, 0.6) is 0 Å². The van der Waals surface area contributed by atoms with Crippen molar-refractivity contribution in [1.82, 2.24) is 20.3 Å². The molecule has 0 fully saturated rings. The van der Waals surface area contributed by atoms with Crippen molar-refractivity contribution in [2.24, 2.45) is 0 Å². The summed E-state index contributed by atoms with van der Waals surface area (Å²) in [6.45, 7) is 6.95. The first-order valence-electron chi connectivity index (χ1n) is 5.98. The Bertz CT molecular complexity index is 513. The van der Waals surface area contributed by atoms with Crippen molar-refractivity contribution < 1.29 is 0 Å². The zero-order valence-corrected chi connectivity index (χ0v) is 11.6. The van der Waals surface area contributed by atoms with Crippen LogP contribution in [0.25, 0.3) is 5.69 Å². The van der Waals surface area contributed by atoms with Gasteiger partial charge in [0.05, 0.1) is 22.6 Å². The van der Waals surface area contributed by atoms with Gasteiger partial charge in [0.25, 0.3) is 0 Å². The van der Waals surface area contributed by atoms with E-state index in [1.165, 1.54) is 0 Å². The number of nitrogens with one attached hydrogen (secondary N) is 1. The molecular formula is C13H17ClN4. The smallest absolute Gasteiger partial charge is 0.0882 e. The molecular weight excluding hydrogens is 248 g/mol. The molecule has 1 heterocycles. The van der Waals surface area contributed by atoms with Crippen LogP contribution in [0.1, 0.15) is 25.1 Å². The fraction of sp³-hybridized carbons (Fsp3) is 0.385. The molecule has 0 amide bonds. The minimum Gasteiger partial charge on any atom is -0.309 e. The largest absolute Gasteiger partial charge is 0.309 e. The summed E-state index contributed by atoms with van der Waals surface area (Å²) in [7, 11) is 0. The highest BCUT2D eigenvalue weighted by molar-refractivity contribution is 6.32. The van der Waals surface area contributed by atoms with Gasteiger partial charge in [-0.2, -0.15) is 0 Å². The lowest BCUT2D eigenvalue weighted by molar-refractivity contribution is 0.570. The molecule has 0 aliphatic rings. The van der Waals surface area contributed by atoms with Gasteiger partial charge in [-0.3, -0.25) is 0 Å². The quantitative estimate of drug-likeness (QED) is 0.923. The number of rotatable bonds is 4. The third kappa shape index (κ3) is 2.71. The molecule has 4 nitrogen and oxygen atoms in total. The van der Waals surface area contributed by atoms with E-state index in [9.17, 15) is 0 Å². The number of aryl methyl sites for hydroxylation is 1. The van der Waals surface area contributed by atoms with Crippen LogP contribution in [-0.4, -0.2) is 21.0 Å². The zero-order valence-electron chi connectivity index (χ0n) is 10.8. The van der Waals surface area contributed by atoms with Gasteiger partial charge < -0.3 is 5.32 Å². The van der Waals surface area contributed by atoms with E-state index in [4.69, 9.17) is 11.6 Å². The summed E-state index contributed by atoms with van der Waals surface area (Å²) in [5.41, 5.74) is 2.98. The van der Waals surface area contributed by atoms with E-state index in [2.05, 4.69) is 29.5 Å². The van der Waals surface area contributed by atoms with Crippen LogP contribution in [0.15, 0.2) is 24.4 Å². The van der Waals surface area contributed by atoms with Gasteiger partial charge in [-0.1, -0.05) is 42.8 Å². The molecule has 0 spiro atoms. The van der Waals surface area contributed by atoms with Crippen LogP contribution in [0.3, 0.4) is 0 Å². The Kier molecular flexibility index (Phi) is 3.99. The van der Waals surface area contributed by atoms with E-state index in [-0.39, 0.29) is 0 Å². The summed E-state index contributed by atoms with van der Waals surface area (Å²) in [4.78, 5) is 0. The first-order chi connectivity index (χ1) is 8.59. The maximum Gasteiger partial charge on any atom is 0.0882 e. The number of aromatic nitrogens is 3. The minimum atomic E-state index is 0.417. The third-order valence-electron chi connectivity index (χ3n) is 2.71. The van der Waals surface area contributed by atoms with Gasteiger partial charge >= 0.3 is 0 Å². The number of para-hydroxylation sites is 1. The standard InChI is InChI=1S/C13H17ClN4/c1-9(2)15-7-11-8-16-17-18(11)13-10(3)5-4-6-12(13)14/h4-6,8-9,15H,7H2,1-3H3. The Balaban J connectivity index is 2.36. The first kappa shape index (κ1) is 13.1. The van der Waals surface area contributed by atoms with E-state index in [1.807, 2.05) is 25.1 Å². The molecule has 2 aromatic rings. The Morgan fingerprint density at radius 1 is 1.39 bits per heavy atom. The second-order valence-corrected chi connectivity index (χ2v) is 4.99. The van der Waals surface area contributed by atoms with Crippen LogP contribution >= 0.6 is 11.6 Å². The topological polar surface area (TPSA) is 42.7 Å². The van der Waals surface area contributed by atoms with Crippen LogP contribution in [0.2, 0.25) is 5.02 Å². The first-order valence-corrected chi connectivity index (χ1v) is 6.36. The van der Waals surface area contributed by atoms with Crippen molar-refractivity contribution in [3.8, 4) is 5.69 Å². The zero-order chi connectivity index (χ0) is 13.1. The van der Waals surface area contributed by atoms with E-state index in [1.54, 1.807) is 10.9 Å². The van der Waals surface area contributed by atoms with Crippen molar-refractivity contribution in [3.05, 3.63) is 40.7 Å². The SMILES string of the molecule is Cc1cccc(Cl)c1-n1nncc1CNC(C)C. The Hall–Kier alpha value is -1.39. The number of benzene rings is 1. The summed E-state index contributed by atoms with van der Waals surface area (Å²) in [6.07, 6.45) is 1.76. The van der Waals surface area contributed by atoms with Gasteiger partial charge in [0.2, 0.25) is 0 Å². The molecule has 1 aromatic carbocycles. The molecule has 1 N–H and O–H groups in total. The maximum atomic E-state index is 6.25. The second-order valence-electron chi connectivity index (χ2n) is 4.58. The van der Waals surface area contributed by atoms with Crippen LogP contribution < -0.4 is 5.32 Å². The monoisotopic (exact) mass is 264 g/mol. The molecule has 18 heavy (non-hydrogen) atoms. The Labute approximate surface area is 112 Å². The molecule has 0 saturated carbocycles. The maximum absolute atomic E-state index is 6.25. The summed E-state index contributed by atoms with van der Waals surface area (Å²) >= 11 is 6.25. The molecule has 0 aliphatic carbocycles. The highest BCUT2D eigenvalue weighted by Crippen LogP contribution is 2.24. The normalized spacial score (nSPS) is 11.2. The Morgan fingerprint density at radius 2 is 2.17 bits per heavy atom. The molecule has 2 rings (SSSR count). The van der Waals surface area contributed by atoms with Gasteiger partial charge in [-0.05, 0) is 18.6 Å². The Morgan fingerprint density at radius 3 is 2.83 bits per heavy atom. The number of hydrogen-bond donors (Lipinski definition) is 1. The van der Waals surface area contributed by atoms with Gasteiger partial charge in [0.15, 0.2) is 0 Å². The van der Waals surface area contributed by atoms with E-state index >= 15 is 0 Å². The van der Waals surface area contributed by atoms with Crippen molar-refractivity contribution in [2.75, 3.05) is 0 Å². The van der Waals surface area contributed by atoms with Crippen LogP contribution in [0, 0.1) is 6.92 Å². The minimum absolute atomic E-state index is 0.417. The van der Waals surface area contributed by atoms with Crippen molar-refractivity contribution in [3.63, 3.8) is 0 Å². The molecule has 5 heteroatoms. The predicted octanol–water partition coefficient (Wildman–Crippen LogP) is 2.73. The van der Waals surface area contributed by atoms with Gasteiger partial charge in [-0.25, -0.2) is 4.68 Å².